The van der Waals surface area contributed by atoms with Crippen molar-refractivity contribution in [2.75, 3.05) is 31.6 Å². The molecule has 1 unspecified atom stereocenters. The first-order valence-corrected chi connectivity index (χ1v) is 8.61. The summed E-state index contributed by atoms with van der Waals surface area (Å²) in [5.41, 5.74) is 0.727. The van der Waals surface area contributed by atoms with Crippen LogP contribution in [-0.2, 0) is 4.79 Å². The zero-order valence-electron chi connectivity index (χ0n) is 14.0. The van der Waals surface area contributed by atoms with Crippen molar-refractivity contribution in [3.05, 3.63) is 24.3 Å². The van der Waals surface area contributed by atoms with Gasteiger partial charge in [-0.15, -0.1) is 0 Å². The number of amides is 1. The van der Waals surface area contributed by atoms with E-state index in [0.717, 1.165) is 31.6 Å². The van der Waals surface area contributed by atoms with Crippen molar-refractivity contribution in [2.24, 2.45) is 0 Å². The maximum absolute atomic E-state index is 12.2. The van der Waals surface area contributed by atoms with Crippen molar-refractivity contribution in [2.45, 2.75) is 45.1 Å². The van der Waals surface area contributed by atoms with E-state index in [-0.39, 0.29) is 12.5 Å². The minimum absolute atomic E-state index is 0.00507. The number of aliphatic hydroxyl groups is 1. The molecule has 1 aliphatic rings. The Morgan fingerprint density at radius 2 is 2.22 bits per heavy atom. The molecule has 2 rings (SSSR count). The number of piperidine rings is 1. The summed E-state index contributed by atoms with van der Waals surface area (Å²) in [6.45, 7) is 4.48. The van der Waals surface area contributed by atoms with Crippen LogP contribution < -0.4 is 10.1 Å². The average molecular weight is 320 g/mol. The number of benzene rings is 1. The highest BCUT2D eigenvalue weighted by molar-refractivity contribution is 5.92. The van der Waals surface area contributed by atoms with Crippen LogP contribution in [0.1, 0.15) is 39.0 Å². The summed E-state index contributed by atoms with van der Waals surface area (Å²) in [6, 6.07) is 7.92. The fourth-order valence-electron chi connectivity index (χ4n) is 3.14. The van der Waals surface area contributed by atoms with Gasteiger partial charge in [0.1, 0.15) is 5.75 Å². The first-order valence-electron chi connectivity index (χ1n) is 8.61. The second-order valence-electron chi connectivity index (χ2n) is 5.93. The largest absolute Gasteiger partial charge is 0.492 e. The lowest BCUT2D eigenvalue weighted by molar-refractivity contribution is -0.116. The summed E-state index contributed by atoms with van der Waals surface area (Å²) >= 11 is 0. The predicted molar refractivity (Wildman–Crippen MR) is 91.8 cm³/mol. The summed E-state index contributed by atoms with van der Waals surface area (Å²) in [5, 5.41) is 12.1. The lowest BCUT2D eigenvalue weighted by atomic mass is 9.99. The third kappa shape index (κ3) is 5.52. The fraction of sp³-hybridized carbons (Fsp3) is 0.611. The van der Waals surface area contributed by atoms with Crippen molar-refractivity contribution >= 4 is 11.6 Å². The molecular formula is C18H28N2O3. The average Bonchev–Trinajstić information content (AvgIpc) is 2.56. The zero-order valence-corrected chi connectivity index (χ0v) is 14.0. The first-order chi connectivity index (χ1) is 11.2. The molecule has 1 heterocycles. The summed E-state index contributed by atoms with van der Waals surface area (Å²) < 4.78 is 5.53. The molecule has 0 bridgehead atoms. The summed E-state index contributed by atoms with van der Waals surface area (Å²) in [7, 11) is 0. The Bertz CT molecular complexity index is 491. The van der Waals surface area contributed by atoms with Crippen LogP contribution in [0.15, 0.2) is 24.3 Å². The highest BCUT2D eigenvalue weighted by atomic mass is 16.5. The van der Waals surface area contributed by atoms with Gasteiger partial charge in [-0.05, 0) is 44.9 Å². The molecule has 1 atom stereocenters. The van der Waals surface area contributed by atoms with Crippen molar-refractivity contribution in [1.29, 1.82) is 0 Å². The Hall–Kier alpha value is -1.59. The molecule has 1 aromatic carbocycles. The molecule has 128 valence electrons. The Balaban J connectivity index is 1.85. The smallest absolute Gasteiger partial charge is 0.225 e. The van der Waals surface area contributed by atoms with E-state index in [1.807, 2.05) is 31.2 Å². The molecule has 0 aliphatic carbocycles. The molecule has 1 amide bonds. The first kappa shape index (κ1) is 17.8. The van der Waals surface area contributed by atoms with Crippen LogP contribution >= 0.6 is 0 Å². The SMILES string of the molecule is CCOc1ccccc1NC(=O)CCN1CCCCC1CCO. The van der Waals surface area contributed by atoms with Gasteiger partial charge in [-0.2, -0.15) is 0 Å². The third-order valence-electron chi connectivity index (χ3n) is 4.30. The van der Waals surface area contributed by atoms with Gasteiger partial charge >= 0.3 is 0 Å². The van der Waals surface area contributed by atoms with Crippen molar-refractivity contribution in [3.63, 3.8) is 0 Å². The van der Waals surface area contributed by atoms with Crippen LogP contribution in [-0.4, -0.2) is 48.3 Å². The van der Waals surface area contributed by atoms with Crippen molar-refractivity contribution in [1.82, 2.24) is 4.90 Å². The zero-order chi connectivity index (χ0) is 16.5. The van der Waals surface area contributed by atoms with Gasteiger partial charge in [0.25, 0.3) is 0 Å². The summed E-state index contributed by atoms with van der Waals surface area (Å²) in [5.74, 6) is 0.713. The number of carbonyl (C=O) groups excluding carboxylic acids is 1. The molecular weight excluding hydrogens is 292 g/mol. The van der Waals surface area contributed by atoms with Crippen molar-refractivity contribution < 1.29 is 14.6 Å². The molecule has 2 N–H and O–H groups in total. The molecule has 0 saturated carbocycles. The highest BCUT2D eigenvalue weighted by Crippen LogP contribution is 2.24. The molecule has 0 aromatic heterocycles. The van der Waals surface area contributed by atoms with Crippen LogP contribution in [0.5, 0.6) is 5.75 Å². The maximum Gasteiger partial charge on any atom is 0.225 e. The van der Waals surface area contributed by atoms with E-state index in [0.29, 0.717) is 24.8 Å². The molecule has 1 saturated heterocycles. The minimum Gasteiger partial charge on any atom is -0.492 e. The molecule has 0 spiro atoms. The van der Waals surface area contributed by atoms with Crippen LogP contribution in [0.3, 0.4) is 0 Å². The van der Waals surface area contributed by atoms with Gasteiger partial charge in [-0.25, -0.2) is 0 Å². The molecule has 0 radical (unpaired) electrons. The Labute approximate surface area is 138 Å². The van der Waals surface area contributed by atoms with Gasteiger partial charge in [-0.3, -0.25) is 9.69 Å². The van der Waals surface area contributed by atoms with Gasteiger partial charge in [0, 0.05) is 25.6 Å². The van der Waals surface area contributed by atoms with Gasteiger partial charge in [-0.1, -0.05) is 18.6 Å². The number of hydrogen-bond acceptors (Lipinski definition) is 4. The Morgan fingerprint density at radius 1 is 1.39 bits per heavy atom. The van der Waals surface area contributed by atoms with E-state index in [1.54, 1.807) is 0 Å². The normalized spacial score (nSPS) is 18.6. The number of likely N-dealkylation sites (tertiary alicyclic amines) is 1. The molecule has 1 aromatic rings. The van der Waals surface area contributed by atoms with E-state index in [2.05, 4.69) is 10.2 Å². The number of ether oxygens (including phenoxy) is 1. The predicted octanol–water partition coefficient (Wildman–Crippen LogP) is 2.65. The lowest BCUT2D eigenvalue weighted by Crippen LogP contribution is -2.41. The van der Waals surface area contributed by atoms with Gasteiger partial charge in [0.2, 0.25) is 5.91 Å². The number of nitrogens with one attached hydrogen (secondary N) is 1. The van der Waals surface area contributed by atoms with Gasteiger partial charge in [0.05, 0.1) is 12.3 Å². The number of rotatable bonds is 8. The number of hydrogen-bond donors (Lipinski definition) is 2. The van der Waals surface area contributed by atoms with Crippen LogP contribution in [0, 0.1) is 0 Å². The summed E-state index contributed by atoms with van der Waals surface area (Å²) in [4.78, 5) is 14.6. The van der Waals surface area contributed by atoms with Crippen LogP contribution in [0.2, 0.25) is 0 Å². The minimum atomic E-state index is 0.00507. The number of aliphatic hydroxyl groups excluding tert-OH is 1. The lowest BCUT2D eigenvalue weighted by Gasteiger charge is -2.35. The Kier molecular flexibility index (Phi) is 7.36. The number of carbonyl (C=O) groups is 1. The van der Waals surface area contributed by atoms with Gasteiger partial charge < -0.3 is 15.2 Å². The monoisotopic (exact) mass is 320 g/mol. The standard InChI is InChI=1S/C18H28N2O3/c1-2-23-17-9-4-3-8-16(17)19-18(22)10-13-20-12-6-5-7-15(20)11-14-21/h3-4,8-9,15,21H,2,5-7,10-14H2,1H3,(H,19,22). The number of para-hydroxylation sites is 2. The van der Waals surface area contributed by atoms with Crippen LogP contribution in [0.4, 0.5) is 5.69 Å². The highest BCUT2D eigenvalue weighted by Gasteiger charge is 2.22. The summed E-state index contributed by atoms with van der Waals surface area (Å²) in [6.07, 6.45) is 4.78. The second-order valence-corrected chi connectivity index (χ2v) is 5.93. The molecule has 5 nitrogen and oxygen atoms in total. The number of anilines is 1. The fourth-order valence-corrected chi connectivity index (χ4v) is 3.14. The van der Waals surface area contributed by atoms with E-state index in [4.69, 9.17) is 9.84 Å². The maximum atomic E-state index is 12.2. The second kappa shape index (κ2) is 9.53. The van der Waals surface area contributed by atoms with Crippen molar-refractivity contribution in [3.8, 4) is 5.75 Å². The molecule has 1 aliphatic heterocycles. The van der Waals surface area contributed by atoms with E-state index >= 15 is 0 Å². The van der Waals surface area contributed by atoms with E-state index < -0.39 is 0 Å². The van der Waals surface area contributed by atoms with E-state index in [9.17, 15) is 4.79 Å². The number of nitrogens with zero attached hydrogens (tertiary/aromatic N) is 1. The van der Waals surface area contributed by atoms with Crippen LogP contribution in [0.25, 0.3) is 0 Å². The molecule has 5 heteroatoms. The molecule has 23 heavy (non-hydrogen) atoms. The topological polar surface area (TPSA) is 61.8 Å². The third-order valence-corrected chi connectivity index (χ3v) is 4.30. The van der Waals surface area contributed by atoms with Gasteiger partial charge in [0.15, 0.2) is 0 Å². The molecule has 1 fully saturated rings. The quantitative estimate of drug-likeness (QED) is 0.773. The Morgan fingerprint density at radius 3 is 3.00 bits per heavy atom. The van der Waals surface area contributed by atoms with E-state index in [1.165, 1.54) is 12.8 Å².